The number of morpholine rings is 1. The van der Waals surface area contributed by atoms with Crippen LogP contribution in [-0.2, 0) is 10.9 Å². The van der Waals surface area contributed by atoms with Crippen LogP contribution in [0.5, 0.6) is 0 Å². The van der Waals surface area contributed by atoms with Gasteiger partial charge in [0.1, 0.15) is 6.10 Å². The largest absolute Gasteiger partial charge is 0.416 e. The number of anilines is 1. The second-order valence-corrected chi connectivity index (χ2v) is 6.65. The molecule has 28 heavy (non-hydrogen) atoms. The van der Waals surface area contributed by atoms with E-state index in [4.69, 9.17) is 4.74 Å². The van der Waals surface area contributed by atoms with Gasteiger partial charge in [0, 0.05) is 6.54 Å². The lowest BCUT2D eigenvalue weighted by molar-refractivity contribution is -0.137. The number of halogens is 3. The van der Waals surface area contributed by atoms with Gasteiger partial charge in [-0.15, -0.1) is 0 Å². The van der Waals surface area contributed by atoms with Crippen molar-refractivity contribution < 1.29 is 17.9 Å². The second-order valence-electron chi connectivity index (χ2n) is 6.65. The van der Waals surface area contributed by atoms with Gasteiger partial charge in [-0.3, -0.25) is 0 Å². The number of aromatic nitrogens is 4. The summed E-state index contributed by atoms with van der Waals surface area (Å²) in [5.74, 6) is 0.573. The molecule has 0 saturated carbocycles. The lowest BCUT2D eigenvalue weighted by Crippen LogP contribution is -2.39. The monoisotopic (exact) mass is 389 g/mol. The fraction of sp³-hybridized carbons (Fsp3) is 0.316. The summed E-state index contributed by atoms with van der Waals surface area (Å²) in [6, 6.07) is 12.9. The summed E-state index contributed by atoms with van der Waals surface area (Å²) in [7, 11) is 0. The SMILES string of the molecule is Cc1ccc(-n2nnnc2N2CCOC(c3ccc(C(F)(F)F)cc3)C2)cc1. The molecule has 1 aliphatic heterocycles. The van der Waals surface area contributed by atoms with Gasteiger partial charge in [-0.05, 0) is 47.2 Å². The van der Waals surface area contributed by atoms with Crippen molar-refractivity contribution in [2.45, 2.75) is 19.2 Å². The Hall–Kier alpha value is -2.94. The molecule has 1 atom stereocenters. The third-order valence-electron chi connectivity index (χ3n) is 4.69. The number of alkyl halides is 3. The molecule has 0 spiro atoms. The van der Waals surface area contributed by atoms with Gasteiger partial charge in [-0.2, -0.15) is 17.9 Å². The molecule has 0 N–H and O–H groups in total. The Labute approximate surface area is 159 Å². The fourth-order valence-electron chi connectivity index (χ4n) is 3.15. The third kappa shape index (κ3) is 3.70. The van der Waals surface area contributed by atoms with Gasteiger partial charge in [0.15, 0.2) is 0 Å². The molecule has 1 aromatic heterocycles. The Morgan fingerprint density at radius 2 is 1.75 bits per heavy atom. The van der Waals surface area contributed by atoms with E-state index in [1.165, 1.54) is 12.1 Å². The molecule has 1 fully saturated rings. The van der Waals surface area contributed by atoms with Crippen LogP contribution >= 0.6 is 0 Å². The minimum Gasteiger partial charge on any atom is -0.370 e. The minimum atomic E-state index is -4.35. The van der Waals surface area contributed by atoms with Gasteiger partial charge in [0.25, 0.3) is 5.95 Å². The first-order valence-corrected chi connectivity index (χ1v) is 8.81. The molecule has 0 amide bonds. The molecule has 146 valence electrons. The quantitative estimate of drug-likeness (QED) is 0.686. The smallest absolute Gasteiger partial charge is 0.370 e. The Morgan fingerprint density at radius 1 is 1.04 bits per heavy atom. The van der Waals surface area contributed by atoms with Gasteiger partial charge in [-0.25, -0.2) is 0 Å². The molecule has 1 saturated heterocycles. The highest BCUT2D eigenvalue weighted by Gasteiger charge is 2.31. The lowest BCUT2D eigenvalue weighted by Gasteiger charge is -2.33. The van der Waals surface area contributed by atoms with Crippen LogP contribution in [0.1, 0.15) is 22.8 Å². The molecule has 1 unspecified atom stereocenters. The summed E-state index contributed by atoms with van der Waals surface area (Å²) in [4.78, 5) is 1.98. The average molecular weight is 389 g/mol. The summed E-state index contributed by atoms with van der Waals surface area (Å²) < 4.78 is 45.8. The normalized spacial score (nSPS) is 17.7. The van der Waals surface area contributed by atoms with Crippen molar-refractivity contribution in [2.75, 3.05) is 24.6 Å². The Morgan fingerprint density at radius 3 is 2.43 bits per heavy atom. The molecule has 3 aromatic rings. The first-order valence-electron chi connectivity index (χ1n) is 8.81. The zero-order valence-corrected chi connectivity index (χ0v) is 15.1. The molecule has 4 rings (SSSR count). The van der Waals surface area contributed by atoms with E-state index >= 15 is 0 Å². The maximum absolute atomic E-state index is 12.8. The first kappa shape index (κ1) is 18.4. The highest BCUT2D eigenvalue weighted by atomic mass is 19.4. The van der Waals surface area contributed by atoms with Crippen LogP contribution in [0.2, 0.25) is 0 Å². The molecule has 1 aliphatic rings. The number of aryl methyl sites for hydroxylation is 1. The summed E-state index contributed by atoms with van der Waals surface area (Å²) >= 11 is 0. The number of nitrogens with zero attached hydrogens (tertiary/aromatic N) is 5. The predicted octanol–water partition coefficient (Wildman–Crippen LogP) is 3.57. The summed E-state index contributed by atoms with van der Waals surface area (Å²) in [6.07, 6.45) is -4.71. The molecular formula is C19H18F3N5O. The Balaban J connectivity index is 1.55. The van der Waals surface area contributed by atoms with Crippen molar-refractivity contribution in [1.29, 1.82) is 0 Å². The number of hydrogen-bond acceptors (Lipinski definition) is 5. The van der Waals surface area contributed by atoms with Gasteiger partial charge >= 0.3 is 6.18 Å². The highest BCUT2D eigenvalue weighted by molar-refractivity contribution is 5.42. The van der Waals surface area contributed by atoms with Crippen molar-refractivity contribution in [3.63, 3.8) is 0 Å². The van der Waals surface area contributed by atoms with Crippen LogP contribution in [0.4, 0.5) is 19.1 Å². The van der Waals surface area contributed by atoms with Crippen molar-refractivity contribution in [3.05, 3.63) is 65.2 Å². The molecule has 2 aromatic carbocycles. The Bertz CT molecular complexity index is 937. The maximum Gasteiger partial charge on any atom is 0.416 e. The standard InChI is InChI=1S/C19H18F3N5O/c1-13-2-8-16(9-3-13)27-18(23-24-25-27)26-10-11-28-17(12-26)14-4-6-15(7-5-14)19(20,21)22/h2-9,17H,10-12H2,1H3. The van der Waals surface area contributed by atoms with Crippen molar-refractivity contribution in [1.82, 2.24) is 20.2 Å². The minimum absolute atomic E-state index is 0.362. The number of hydrogen-bond donors (Lipinski definition) is 0. The maximum atomic E-state index is 12.8. The van der Waals surface area contributed by atoms with E-state index in [1.54, 1.807) is 4.68 Å². The third-order valence-corrected chi connectivity index (χ3v) is 4.69. The van der Waals surface area contributed by atoms with E-state index in [-0.39, 0.29) is 6.10 Å². The van der Waals surface area contributed by atoms with Gasteiger partial charge < -0.3 is 9.64 Å². The zero-order valence-electron chi connectivity index (χ0n) is 15.1. The van der Waals surface area contributed by atoms with Crippen molar-refractivity contribution in [2.24, 2.45) is 0 Å². The first-order chi connectivity index (χ1) is 13.4. The van der Waals surface area contributed by atoms with E-state index in [0.29, 0.717) is 31.2 Å². The van der Waals surface area contributed by atoms with Crippen LogP contribution in [0.15, 0.2) is 48.5 Å². The van der Waals surface area contributed by atoms with E-state index < -0.39 is 11.7 Å². The number of tetrazole rings is 1. The highest BCUT2D eigenvalue weighted by Crippen LogP contribution is 2.31. The zero-order chi connectivity index (χ0) is 19.7. The molecule has 6 nitrogen and oxygen atoms in total. The summed E-state index contributed by atoms with van der Waals surface area (Å²) in [6.45, 7) is 3.45. The van der Waals surface area contributed by atoms with Crippen molar-refractivity contribution in [3.8, 4) is 5.69 Å². The topological polar surface area (TPSA) is 56.1 Å². The predicted molar refractivity (Wildman–Crippen MR) is 96.2 cm³/mol. The van der Waals surface area contributed by atoms with E-state index in [9.17, 15) is 13.2 Å². The number of ether oxygens (including phenoxy) is 1. The molecule has 0 bridgehead atoms. The average Bonchev–Trinajstić information content (AvgIpc) is 3.18. The molecule has 2 heterocycles. The van der Waals surface area contributed by atoms with Crippen molar-refractivity contribution >= 4 is 5.95 Å². The van der Waals surface area contributed by atoms with Gasteiger partial charge in [0.2, 0.25) is 0 Å². The molecule has 9 heteroatoms. The summed E-state index contributed by atoms with van der Waals surface area (Å²) in [5.41, 5.74) is 1.98. The molecular weight excluding hydrogens is 371 g/mol. The number of benzene rings is 2. The van der Waals surface area contributed by atoms with Crippen LogP contribution in [0.25, 0.3) is 5.69 Å². The Kier molecular flexibility index (Phi) is 4.76. The molecule has 0 aliphatic carbocycles. The second kappa shape index (κ2) is 7.23. The summed E-state index contributed by atoms with van der Waals surface area (Å²) in [5, 5.41) is 12.0. The van der Waals surface area contributed by atoms with Gasteiger partial charge in [-0.1, -0.05) is 34.9 Å². The van der Waals surface area contributed by atoms with Crippen LogP contribution < -0.4 is 4.90 Å². The van der Waals surface area contributed by atoms with E-state index in [0.717, 1.165) is 23.4 Å². The van der Waals surface area contributed by atoms with Crippen LogP contribution in [0, 0.1) is 6.92 Å². The van der Waals surface area contributed by atoms with Crippen LogP contribution in [0.3, 0.4) is 0 Å². The fourth-order valence-corrected chi connectivity index (χ4v) is 3.15. The van der Waals surface area contributed by atoms with E-state index in [2.05, 4.69) is 15.5 Å². The molecule has 0 radical (unpaired) electrons. The van der Waals surface area contributed by atoms with E-state index in [1.807, 2.05) is 36.1 Å². The number of rotatable bonds is 3. The van der Waals surface area contributed by atoms with Gasteiger partial charge in [0.05, 0.1) is 24.4 Å². The van der Waals surface area contributed by atoms with Crippen LogP contribution in [-0.4, -0.2) is 39.9 Å². The lowest BCUT2D eigenvalue weighted by atomic mass is 10.1.